The predicted molar refractivity (Wildman–Crippen MR) is 77.4 cm³/mol. The molecule has 1 saturated heterocycles. The maximum Gasteiger partial charge on any atom is 0.0850 e. The third-order valence-corrected chi connectivity index (χ3v) is 4.35. The zero-order chi connectivity index (χ0) is 13.0. The predicted octanol–water partition coefficient (Wildman–Crippen LogP) is 4.66. The van der Waals surface area contributed by atoms with Gasteiger partial charge in [-0.2, -0.15) is 0 Å². The van der Waals surface area contributed by atoms with E-state index in [2.05, 4.69) is 32.0 Å². The number of ether oxygens (including phenoxy) is 1. The van der Waals surface area contributed by atoms with Crippen molar-refractivity contribution in [3.63, 3.8) is 0 Å². The summed E-state index contributed by atoms with van der Waals surface area (Å²) in [6, 6.07) is 6.72. The van der Waals surface area contributed by atoms with Crippen molar-refractivity contribution in [1.82, 2.24) is 0 Å². The summed E-state index contributed by atoms with van der Waals surface area (Å²) in [5.74, 6) is 0. The molecule has 1 aliphatic rings. The number of benzene rings is 1. The van der Waals surface area contributed by atoms with Gasteiger partial charge >= 0.3 is 0 Å². The van der Waals surface area contributed by atoms with Crippen LogP contribution in [0.25, 0.3) is 0 Å². The Hall–Kier alpha value is -0.530. The lowest BCUT2D eigenvalue weighted by atomic mass is 9.93. The highest BCUT2D eigenvalue weighted by atomic mass is 35.5. The molecule has 2 unspecified atom stereocenters. The fraction of sp³-hybridized carbons (Fsp3) is 0.625. The van der Waals surface area contributed by atoms with Crippen molar-refractivity contribution in [3.8, 4) is 0 Å². The molecule has 1 aliphatic heterocycles. The standard InChI is InChI=1S/C16H23ClO/c1-3-12-8-9-13(4-2)14(11-12)16(17)15-7-5-6-10-18-15/h8-9,11,15-16H,3-7,10H2,1-2H3. The van der Waals surface area contributed by atoms with Gasteiger partial charge in [-0.05, 0) is 48.8 Å². The Balaban J connectivity index is 2.23. The highest BCUT2D eigenvalue weighted by Crippen LogP contribution is 2.34. The molecule has 0 N–H and O–H groups in total. The Bertz CT molecular complexity index is 383. The third-order valence-electron chi connectivity index (χ3n) is 3.84. The Morgan fingerprint density at radius 1 is 1.28 bits per heavy atom. The summed E-state index contributed by atoms with van der Waals surface area (Å²) in [6.07, 6.45) is 5.80. The van der Waals surface area contributed by atoms with E-state index in [9.17, 15) is 0 Å². The van der Waals surface area contributed by atoms with Gasteiger partial charge < -0.3 is 4.74 Å². The summed E-state index contributed by atoms with van der Waals surface area (Å²) >= 11 is 6.67. The summed E-state index contributed by atoms with van der Waals surface area (Å²) in [5, 5.41) is 0.00625. The second kappa shape index (κ2) is 6.58. The number of aryl methyl sites for hydroxylation is 2. The first-order chi connectivity index (χ1) is 8.76. The van der Waals surface area contributed by atoms with Crippen molar-refractivity contribution in [2.45, 2.75) is 57.4 Å². The fourth-order valence-corrected chi connectivity index (χ4v) is 3.04. The molecule has 1 aromatic rings. The van der Waals surface area contributed by atoms with Gasteiger partial charge in [0.25, 0.3) is 0 Å². The molecule has 0 aliphatic carbocycles. The SMILES string of the molecule is CCc1ccc(CC)c(C(Cl)C2CCCCO2)c1. The van der Waals surface area contributed by atoms with Crippen LogP contribution in [0.1, 0.15) is 55.2 Å². The van der Waals surface area contributed by atoms with Gasteiger partial charge in [-0.15, -0.1) is 11.6 Å². The van der Waals surface area contributed by atoms with Crippen LogP contribution in [0.2, 0.25) is 0 Å². The van der Waals surface area contributed by atoms with Gasteiger partial charge in [0.2, 0.25) is 0 Å². The molecule has 2 rings (SSSR count). The van der Waals surface area contributed by atoms with E-state index in [1.54, 1.807) is 0 Å². The van der Waals surface area contributed by atoms with Crippen molar-refractivity contribution in [2.75, 3.05) is 6.61 Å². The Labute approximate surface area is 115 Å². The molecule has 0 radical (unpaired) electrons. The second-order valence-corrected chi connectivity index (χ2v) is 5.52. The maximum absolute atomic E-state index is 6.67. The van der Waals surface area contributed by atoms with Gasteiger partial charge in [-0.1, -0.05) is 32.0 Å². The molecule has 0 aromatic heterocycles. The van der Waals surface area contributed by atoms with Gasteiger partial charge in [-0.25, -0.2) is 0 Å². The molecule has 1 fully saturated rings. The van der Waals surface area contributed by atoms with Crippen molar-refractivity contribution >= 4 is 11.6 Å². The Morgan fingerprint density at radius 3 is 2.72 bits per heavy atom. The van der Waals surface area contributed by atoms with Crippen LogP contribution < -0.4 is 0 Å². The molecule has 2 atom stereocenters. The van der Waals surface area contributed by atoms with E-state index in [1.165, 1.54) is 29.5 Å². The molecule has 0 spiro atoms. The molecule has 2 heteroatoms. The minimum absolute atomic E-state index is 0.00625. The second-order valence-electron chi connectivity index (χ2n) is 5.05. The average Bonchev–Trinajstić information content (AvgIpc) is 2.46. The van der Waals surface area contributed by atoms with Crippen LogP contribution in [0.3, 0.4) is 0 Å². The minimum Gasteiger partial charge on any atom is -0.376 e. The zero-order valence-corrected chi connectivity index (χ0v) is 12.2. The topological polar surface area (TPSA) is 9.23 Å². The minimum atomic E-state index is 0.00625. The first-order valence-electron chi connectivity index (χ1n) is 7.13. The quantitative estimate of drug-likeness (QED) is 0.720. The van der Waals surface area contributed by atoms with E-state index in [4.69, 9.17) is 16.3 Å². The normalized spacial score (nSPS) is 21.8. The molecule has 1 heterocycles. The van der Waals surface area contributed by atoms with Gasteiger partial charge in [-0.3, -0.25) is 0 Å². The van der Waals surface area contributed by atoms with E-state index in [0.717, 1.165) is 25.9 Å². The van der Waals surface area contributed by atoms with Crippen molar-refractivity contribution < 1.29 is 4.74 Å². The van der Waals surface area contributed by atoms with Crippen LogP contribution in [0.5, 0.6) is 0 Å². The number of halogens is 1. The summed E-state index contributed by atoms with van der Waals surface area (Å²) in [4.78, 5) is 0. The monoisotopic (exact) mass is 266 g/mol. The Kier molecular flexibility index (Phi) is 5.08. The van der Waals surface area contributed by atoms with Gasteiger partial charge in [0.15, 0.2) is 0 Å². The van der Waals surface area contributed by atoms with E-state index in [-0.39, 0.29) is 11.5 Å². The van der Waals surface area contributed by atoms with Crippen molar-refractivity contribution in [3.05, 3.63) is 34.9 Å². The molecule has 100 valence electrons. The van der Waals surface area contributed by atoms with E-state index in [1.807, 2.05) is 0 Å². The lowest BCUT2D eigenvalue weighted by molar-refractivity contribution is 0.0134. The molecule has 0 saturated carbocycles. The summed E-state index contributed by atoms with van der Waals surface area (Å²) < 4.78 is 5.84. The van der Waals surface area contributed by atoms with Crippen molar-refractivity contribution in [2.24, 2.45) is 0 Å². The molecule has 0 bridgehead atoms. The van der Waals surface area contributed by atoms with Crippen LogP contribution in [0, 0.1) is 0 Å². The van der Waals surface area contributed by atoms with Gasteiger partial charge in [0.05, 0.1) is 11.5 Å². The van der Waals surface area contributed by atoms with E-state index < -0.39 is 0 Å². The Morgan fingerprint density at radius 2 is 2.11 bits per heavy atom. The molecule has 0 amide bonds. The average molecular weight is 267 g/mol. The number of rotatable bonds is 4. The molecular weight excluding hydrogens is 244 g/mol. The first-order valence-corrected chi connectivity index (χ1v) is 7.57. The third kappa shape index (κ3) is 3.07. The highest BCUT2D eigenvalue weighted by Gasteiger charge is 2.25. The van der Waals surface area contributed by atoms with Crippen LogP contribution in [-0.4, -0.2) is 12.7 Å². The summed E-state index contributed by atoms with van der Waals surface area (Å²) in [7, 11) is 0. The van der Waals surface area contributed by atoms with Gasteiger partial charge in [0, 0.05) is 6.61 Å². The van der Waals surface area contributed by atoms with E-state index >= 15 is 0 Å². The van der Waals surface area contributed by atoms with Crippen LogP contribution >= 0.6 is 11.6 Å². The van der Waals surface area contributed by atoms with Crippen LogP contribution in [0.4, 0.5) is 0 Å². The fourth-order valence-electron chi connectivity index (χ4n) is 2.64. The lowest BCUT2D eigenvalue weighted by Gasteiger charge is -2.28. The summed E-state index contributed by atoms with van der Waals surface area (Å²) in [6.45, 7) is 5.24. The van der Waals surface area contributed by atoms with Gasteiger partial charge in [0.1, 0.15) is 0 Å². The number of alkyl halides is 1. The summed E-state index contributed by atoms with van der Waals surface area (Å²) in [5.41, 5.74) is 4.01. The van der Waals surface area contributed by atoms with E-state index in [0.29, 0.717) is 0 Å². The van der Waals surface area contributed by atoms with Crippen LogP contribution in [-0.2, 0) is 17.6 Å². The van der Waals surface area contributed by atoms with Crippen LogP contribution in [0.15, 0.2) is 18.2 Å². The van der Waals surface area contributed by atoms with Crippen molar-refractivity contribution in [1.29, 1.82) is 0 Å². The number of hydrogen-bond acceptors (Lipinski definition) is 1. The maximum atomic E-state index is 6.67. The molecule has 1 nitrogen and oxygen atoms in total. The molecule has 1 aromatic carbocycles. The largest absolute Gasteiger partial charge is 0.376 e. The number of hydrogen-bond donors (Lipinski definition) is 0. The highest BCUT2D eigenvalue weighted by molar-refractivity contribution is 6.21. The first kappa shape index (κ1) is 13.9. The molecular formula is C16H23ClO. The smallest absolute Gasteiger partial charge is 0.0850 e. The zero-order valence-electron chi connectivity index (χ0n) is 11.4. The lowest BCUT2D eigenvalue weighted by Crippen LogP contribution is -2.24. The molecule has 18 heavy (non-hydrogen) atoms.